The molecule has 4 saturated carbocycles. The molecule has 0 N–H and O–H groups in total. The standard InChI is InChI=1S/C42H48N2O4/c1-29(46-2)47-28-48-40-23-34-12-13-35(21-36(34)22-39(40)42-24-31-18-32(25-42)20-33(19-31)26-42)37-10-6-7-11-38(37)41(45)44-16-14-43(15-17-44)27-30-8-4-3-5-9-30/h3-13,21-23,29,31-33H,14-20,24-28H2,1-2H3. The summed E-state index contributed by atoms with van der Waals surface area (Å²) < 4.78 is 17.5. The van der Waals surface area contributed by atoms with Crippen LogP contribution in [0, 0.1) is 17.8 Å². The van der Waals surface area contributed by atoms with Gasteiger partial charge in [0, 0.05) is 51.0 Å². The van der Waals surface area contributed by atoms with Crippen LogP contribution in [0.15, 0.2) is 84.9 Å². The van der Waals surface area contributed by atoms with E-state index in [1.807, 2.05) is 30.0 Å². The maximum atomic E-state index is 14.0. The Morgan fingerprint density at radius 1 is 0.812 bits per heavy atom. The average molecular weight is 645 g/mol. The SMILES string of the molecule is COC(C)OCOc1cc2ccc(-c3ccccc3C(=O)N3CCN(Cc4ccccc4)CC3)cc2cc1C12CC3CC(CC(C3)C1)C2. The summed E-state index contributed by atoms with van der Waals surface area (Å²) in [5.74, 6) is 3.55. The summed E-state index contributed by atoms with van der Waals surface area (Å²) in [6.07, 6.45) is 7.64. The minimum atomic E-state index is -0.322. The molecule has 0 radical (unpaired) electrons. The van der Waals surface area contributed by atoms with Crippen molar-refractivity contribution in [1.29, 1.82) is 0 Å². The van der Waals surface area contributed by atoms with Crippen LogP contribution in [0.5, 0.6) is 5.75 Å². The largest absolute Gasteiger partial charge is 0.467 e. The van der Waals surface area contributed by atoms with Crippen molar-refractivity contribution < 1.29 is 19.0 Å². The van der Waals surface area contributed by atoms with Crippen LogP contribution in [0.4, 0.5) is 0 Å². The first-order valence-electron chi connectivity index (χ1n) is 18.0. The summed E-state index contributed by atoms with van der Waals surface area (Å²) in [5.41, 5.74) is 5.68. The summed E-state index contributed by atoms with van der Waals surface area (Å²) in [4.78, 5) is 18.5. The molecule has 0 aromatic heterocycles. The monoisotopic (exact) mass is 644 g/mol. The van der Waals surface area contributed by atoms with Gasteiger partial charge in [0.05, 0.1) is 0 Å². The molecule has 4 aromatic carbocycles. The van der Waals surface area contributed by atoms with E-state index >= 15 is 0 Å². The Hall–Kier alpha value is -3.71. The molecule has 1 heterocycles. The molecule has 5 aliphatic rings. The number of ether oxygens (including phenoxy) is 3. The molecule has 1 aliphatic heterocycles. The van der Waals surface area contributed by atoms with Gasteiger partial charge in [-0.15, -0.1) is 0 Å². The fourth-order valence-corrected chi connectivity index (χ4v) is 9.72. The Balaban J connectivity index is 1.08. The summed E-state index contributed by atoms with van der Waals surface area (Å²) >= 11 is 0. The van der Waals surface area contributed by atoms with Crippen molar-refractivity contribution in [2.24, 2.45) is 17.8 Å². The van der Waals surface area contributed by atoms with Crippen LogP contribution >= 0.6 is 0 Å². The predicted molar refractivity (Wildman–Crippen MR) is 190 cm³/mol. The lowest BCUT2D eigenvalue weighted by Gasteiger charge is -2.57. The summed E-state index contributed by atoms with van der Waals surface area (Å²) in [6, 6.07) is 30.0. The van der Waals surface area contributed by atoms with Gasteiger partial charge < -0.3 is 19.1 Å². The normalized spacial score (nSPS) is 25.8. The van der Waals surface area contributed by atoms with Gasteiger partial charge in [-0.1, -0.05) is 60.7 Å². The molecule has 1 saturated heterocycles. The second-order valence-electron chi connectivity index (χ2n) is 14.9. The van der Waals surface area contributed by atoms with Gasteiger partial charge in [-0.05, 0) is 120 Å². The smallest absolute Gasteiger partial charge is 0.254 e. The molecular weight excluding hydrogens is 596 g/mol. The van der Waals surface area contributed by atoms with E-state index in [0.717, 1.165) is 78.3 Å². The number of hydrogen-bond donors (Lipinski definition) is 0. The minimum absolute atomic E-state index is 0.119. The van der Waals surface area contributed by atoms with Crippen LogP contribution in [-0.4, -0.2) is 62.1 Å². The van der Waals surface area contributed by atoms with Crippen LogP contribution in [0.3, 0.4) is 0 Å². The molecule has 5 fully saturated rings. The fourth-order valence-electron chi connectivity index (χ4n) is 9.72. The third kappa shape index (κ3) is 6.26. The lowest BCUT2D eigenvalue weighted by Crippen LogP contribution is -2.48. The molecule has 6 heteroatoms. The second kappa shape index (κ2) is 13.3. The van der Waals surface area contributed by atoms with Crippen molar-refractivity contribution >= 4 is 16.7 Å². The van der Waals surface area contributed by atoms with Gasteiger partial charge in [0.1, 0.15) is 5.75 Å². The van der Waals surface area contributed by atoms with Gasteiger partial charge in [0.2, 0.25) is 0 Å². The summed E-state index contributed by atoms with van der Waals surface area (Å²) in [5, 5.41) is 2.34. The number of amides is 1. The van der Waals surface area contributed by atoms with Gasteiger partial charge >= 0.3 is 0 Å². The summed E-state index contributed by atoms with van der Waals surface area (Å²) in [7, 11) is 1.65. The minimum Gasteiger partial charge on any atom is -0.467 e. The molecule has 4 aliphatic carbocycles. The number of methoxy groups -OCH3 is 1. The van der Waals surface area contributed by atoms with Crippen molar-refractivity contribution in [1.82, 2.24) is 9.80 Å². The Labute approximate surface area is 285 Å². The first kappa shape index (κ1) is 31.6. The van der Waals surface area contributed by atoms with E-state index in [1.54, 1.807) is 7.11 Å². The Kier molecular flexibility index (Phi) is 8.74. The third-order valence-corrected chi connectivity index (χ3v) is 11.8. The number of hydrogen-bond acceptors (Lipinski definition) is 5. The van der Waals surface area contributed by atoms with Gasteiger partial charge in [-0.3, -0.25) is 9.69 Å². The highest BCUT2D eigenvalue weighted by atomic mass is 16.7. The molecule has 250 valence electrons. The first-order chi connectivity index (χ1) is 23.5. The number of nitrogens with zero attached hydrogens (tertiary/aromatic N) is 2. The van der Waals surface area contributed by atoms with Crippen LogP contribution in [0.2, 0.25) is 0 Å². The molecule has 4 aromatic rings. The third-order valence-electron chi connectivity index (χ3n) is 11.8. The highest BCUT2D eigenvalue weighted by molar-refractivity contribution is 6.02. The lowest BCUT2D eigenvalue weighted by molar-refractivity contribution is -0.150. The zero-order valence-electron chi connectivity index (χ0n) is 28.4. The zero-order valence-corrected chi connectivity index (χ0v) is 28.4. The highest BCUT2D eigenvalue weighted by Crippen LogP contribution is 2.62. The topological polar surface area (TPSA) is 51.2 Å². The molecule has 6 nitrogen and oxygen atoms in total. The van der Waals surface area contributed by atoms with Crippen molar-refractivity contribution in [3.8, 4) is 16.9 Å². The Morgan fingerprint density at radius 3 is 2.21 bits per heavy atom. The van der Waals surface area contributed by atoms with Crippen LogP contribution in [0.1, 0.15) is 66.9 Å². The molecule has 4 bridgehead atoms. The number of rotatable bonds is 10. The van der Waals surface area contributed by atoms with E-state index in [4.69, 9.17) is 14.2 Å². The zero-order chi connectivity index (χ0) is 32.7. The molecule has 1 amide bonds. The van der Waals surface area contributed by atoms with E-state index in [-0.39, 0.29) is 24.4 Å². The van der Waals surface area contributed by atoms with Gasteiger partial charge in [-0.2, -0.15) is 0 Å². The maximum Gasteiger partial charge on any atom is 0.254 e. The molecule has 1 atom stereocenters. The quantitative estimate of drug-likeness (QED) is 0.163. The van der Waals surface area contributed by atoms with Crippen LogP contribution < -0.4 is 4.74 Å². The molecule has 9 rings (SSSR count). The van der Waals surface area contributed by atoms with Gasteiger partial charge in [0.25, 0.3) is 5.91 Å². The fraction of sp³-hybridized carbons (Fsp3) is 0.452. The van der Waals surface area contributed by atoms with Crippen molar-refractivity contribution in [3.05, 3.63) is 102 Å². The molecular formula is C42H48N2O4. The van der Waals surface area contributed by atoms with E-state index in [0.29, 0.717) is 0 Å². The Bertz CT molecular complexity index is 1730. The van der Waals surface area contributed by atoms with Crippen molar-refractivity contribution in [2.75, 3.05) is 40.1 Å². The number of fused-ring (bicyclic) bond motifs is 1. The van der Waals surface area contributed by atoms with Crippen LogP contribution in [0.25, 0.3) is 21.9 Å². The predicted octanol–water partition coefficient (Wildman–Crippen LogP) is 8.28. The van der Waals surface area contributed by atoms with E-state index < -0.39 is 0 Å². The number of carbonyl (C=O) groups excluding carboxylic acids is 1. The van der Waals surface area contributed by atoms with E-state index in [2.05, 4.69) is 71.6 Å². The Morgan fingerprint density at radius 2 is 1.50 bits per heavy atom. The van der Waals surface area contributed by atoms with Gasteiger partial charge in [0.15, 0.2) is 13.1 Å². The average Bonchev–Trinajstić information content (AvgIpc) is 3.11. The number of carbonyl (C=O) groups is 1. The lowest BCUT2D eigenvalue weighted by atomic mass is 9.48. The molecule has 0 spiro atoms. The van der Waals surface area contributed by atoms with Crippen LogP contribution in [-0.2, 0) is 21.4 Å². The van der Waals surface area contributed by atoms with Crippen molar-refractivity contribution in [3.63, 3.8) is 0 Å². The number of benzene rings is 4. The number of piperazine rings is 1. The first-order valence-corrected chi connectivity index (χ1v) is 18.0. The summed E-state index contributed by atoms with van der Waals surface area (Å²) in [6.45, 7) is 6.21. The van der Waals surface area contributed by atoms with E-state index in [1.165, 1.54) is 55.0 Å². The molecule has 48 heavy (non-hydrogen) atoms. The van der Waals surface area contributed by atoms with E-state index in [9.17, 15) is 4.79 Å². The molecule has 1 unspecified atom stereocenters. The second-order valence-corrected chi connectivity index (χ2v) is 14.9. The van der Waals surface area contributed by atoms with Crippen molar-refractivity contribution in [2.45, 2.75) is 63.7 Å². The maximum absolute atomic E-state index is 14.0. The highest BCUT2D eigenvalue weighted by Gasteiger charge is 2.52. The van der Waals surface area contributed by atoms with Gasteiger partial charge in [-0.25, -0.2) is 0 Å².